The van der Waals surface area contributed by atoms with Crippen LogP contribution in [0.4, 0.5) is 5.82 Å². The van der Waals surface area contributed by atoms with E-state index in [1.54, 1.807) is 17.2 Å². The molecule has 4 rings (SSSR count). The van der Waals surface area contributed by atoms with E-state index in [1.165, 1.54) is 16.2 Å². The molecule has 0 aliphatic carbocycles. The van der Waals surface area contributed by atoms with Gasteiger partial charge in [-0.1, -0.05) is 43.4 Å². The predicted molar refractivity (Wildman–Crippen MR) is 135 cm³/mol. The number of rotatable bonds is 6. The van der Waals surface area contributed by atoms with Crippen molar-refractivity contribution in [3.8, 4) is 0 Å². The number of thioether (sulfide) groups is 1. The Hall–Kier alpha value is -2.72. The van der Waals surface area contributed by atoms with Crippen LogP contribution >= 0.6 is 24.0 Å². The molecule has 174 valence electrons. The molecule has 2 amide bonds. The number of carbonyl (C=O) groups is 2. The number of fused-ring (bicyclic) bond motifs is 1. The third-order valence-corrected chi connectivity index (χ3v) is 7.44. The summed E-state index contributed by atoms with van der Waals surface area (Å²) in [5.74, 6) is -0.132. The van der Waals surface area contributed by atoms with Crippen LogP contribution in [0.15, 0.2) is 28.0 Å². The molecule has 33 heavy (non-hydrogen) atoms. The van der Waals surface area contributed by atoms with Crippen LogP contribution < -0.4 is 16.2 Å². The van der Waals surface area contributed by atoms with Crippen molar-refractivity contribution in [1.29, 1.82) is 0 Å². The molecule has 2 aromatic rings. The van der Waals surface area contributed by atoms with Gasteiger partial charge in [0, 0.05) is 31.7 Å². The molecule has 0 aromatic carbocycles. The van der Waals surface area contributed by atoms with Crippen molar-refractivity contribution in [2.45, 2.75) is 39.5 Å². The summed E-state index contributed by atoms with van der Waals surface area (Å²) in [6.45, 7) is 5.65. The smallest absolute Gasteiger partial charge is 0.267 e. The number of aromatic nitrogens is 2. The van der Waals surface area contributed by atoms with E-state index in [0.29, 0.717) is 58.7 Å². The highest BCUT2D eigenvalue weighted by molar-refractivity contribution is 8.26. The Morgan fingerprint density at radius 1 is 1.30 bits per heavy atom. The Labute approximate surface area is 201 Å². The molecule has 2 aromatic heterocycles. The van der Waals surface area contributed by atoms with Crippen molar-refractivity contribution >= 4 is 57.7 Å². The average Bonchev–Trinajstić information content (AvgIpc) is 3.06. The minimum absolute atomic E-state index is 0.175. The van der Waals surface area contributed by atoms with Gasteiger partial charge >= 0.3 is 0 Å². The third kappa shape index (κ3) is 4.67. The van der Waals surface area contributed by atoms with E-state index in [0.717, 1.165) is 18.4 Å². The van der Waals surface area contributed by atoms with Gasteiger partial charge < -0.3 is 10.6 Å². The van der Waals surface area contributed by atoms with Crippen molar-refractivity contribution in [3.05, 3.63) is 44.7 Å². The highest BCUT2D eigenvalue weighted by atomic mass is 32.2. The third-order valence-electron chi connectivity index (χ3n) is 6.07. The maximum atomic E-state index is 13.6. The minimum Gasteiger partial charge on any atom is -0.369 e. The molecule has 2 aliphatic heterocycles. The molecule has 0 radical (unpaired) electrons. The number of anilines is 1. The molecule has 0 atom stereocenters. The quantitative estimate of drug-likeness (QED) is 0.496. The predicted octanol–water partition coefficient (Wildman–Crippen LogP) is 2.71. The maximum absolute atomic E-state index is 13.6. The molecule has 10 heteroatoms. The summed E-state index contributed by atoms with van der Waals surface area (Å²) in [7, 11) is 0. The number of nitrogens with zero attached hydrogens (tertiary/aromatic N) is 4. The number of aryl methyl sites for hydroxylation is 1. The first-order chi connectivity index (χ1) is 15.8. The Kier molecular flexibility index (Phi) is 6.85. The number of thiocarbonyl (C=S) groups is 1. The topological polar surface area (TPSA) is 101 Å². The molecule has 4 heterocycles. The van der Waals surface area contributed by atoms with Gasteiger partial charge in [-0.25, -0.2) is 4.98 Å². The van der Waals surface area contributed by atoms with Crippen LogP contribution in [0.3, 0.4) is 0 Å². The summed E-state index contributed by atoms with van der Waals surface area (Å²) < 4.78 is 2.02. The molecule has 2 aliphatic rings. The zero-order valence-electron chi connectivity index (χ0n) is 18.7. The summed E-state index contributed by atoms with van der Waals surface area (Å²) in [6, 6.07) is 3.72. The van der Waals surface area contributed by atoms with Crippen molar-refractivity contribution in [1.82, 2.24) is 14.3 Å². The van der Waals surface area contributed by atoms with E-state index in [4.69, 9.17) is 22.9 Å². The van der Waals surface area contributed by atoms with Crippen LogP contribution in [0.2, 0.25) is 0 Å². The van der Waals surface area contributed by atoms with E-state index >= 15 is 0 Å². The number of unbranched alkanes of at least 4 members (excludes halogenated alkanes) is 1. The second kappa shape index (κ2) is 9.64. The molecule has 2 saturated heterocycles. The zero-order chi connectivity index (χ0) is 23.7. The SMILES string of the molecule is CCCCN1C(=O)C(=Cc2c(N3CCC(C(N)=O)CC3)nc3ccc(C)cn3c2=O)SC1=S. The standard InChI is InChI=1S/C23H27N5O3S2/c1-3-4-9-27-22(31)17(33-23(27)32)12-16-20(26-10-7-15(8-11-26)19(24)29)25-18-6-5-14(2)13-28(18)21(16)30/h5-6,12-13,15H,3-4,7-11H2,1-2H3,(H2,24,29). The number of carbonyl (C=O) groups excluding carboxylic acids is 2. The Morgan fingerprint density at radius 2 is 2.03 bits per heavy atom. The van der Waals surface area contributed by atoms with Gasteiger partial charge in [0.2, 0.25) is 5.91 Å². The van der Waals surface area contributed by atoms with Crippen molar-refractivity contribution in [2.75, 3.05) is 24.5 Å². The van der Waals surface area contributed by atoms with Gasteiger partial charge in [0.05, 0.1) is 10.5 Å². The van der Waals surface area contributed by atoms with Crippen molar-refractivity contribution in [3.63, 3.8) is 0 Å². The Balaban J connectivity index is 1.79. The fraction of sp³-hybridized carbons (Fsp3) is 0.435. The first-order valence-electron chi connectivity index (χ1n) is 11.1. The fourth-order valence-corrected chi connectivity index (χ4v) is 5.42. The van der Waals surface area contributed by atoms with Crippen LogP contribution in [-0.4, -0.2) is 50.1 Å². The van der Waals surface area contributed by atoms with E-state index in [9.17, 15) is 14.4 Å². The Bertz CT molecular complexity index is 1210. The lowest BCUT2D eigenvalue weighted by Gasteiger charge is -2.32. The number of hydrogen-bond donors (Lipinski definition) is 1. The summed E-state index contributed by atoms with van der Waals surface area (Å²) in [6.07, 6.45) is 6.39. The van der Waals surface area contributed by atoms with Gasteiger partial charge in [-0.15, -0.1) is 0 Å². The van der Waals surface area contributed by atoms with Crippen molar-refractivity contribution in [2.24, 2.45) is 11.7 Å². The van der Waals surface area contributed by atoms with E-state index in [-0.39, 0.29) is 23.3 Å². The van der Waals surface area contributed by atoms with Gasteiger partial charge in [0.15, 0.2) is 0 Å². The van der Waals surface area contributed by atoms with Crippen molar-refractivity contribution < 1.29 is 9.59 Å². The normalized spacial score (nSPS) is 18.7. The largest absolute Gasteiger partial charge is 0.369 e. The lowest BCUT2D eigenvalue weighted by atomic mass is 9.96. The van der Waals surface area contributed by atoms with Crippen LogP contribution in [0, 0.1) is 12.8 Å². The maximum Gasteiger partial charge on any atom is 0.267 e. The molecule has 2 N–H and O–H groups in total. The number of pyridine rings is 1. The van der Waals surface area contributed by atoms with E-state index in [2.05, 4.69) is 6.92 Å². The van der Waals surface area contributed by atoms with Crippen LogP contribution in [0.5, 0.6) is 0 Å². The van der Waals surface area contributed by atoms with Crippen LogP contribution in [0.25, 0.3) is 11.7 Å². The van der Waals surface area contributed by atoms with Gasteiger partial charge in [0.1, 0.15) is 15.8 Å². The average molecular weight is 486 g/mol. The molecular weight excluding hydrogens is 458 g/mol. The second-order valence-electron chi connectivity index (χ2n) is 8.44. The van der Waals surface area contributed by atoms with Crippen LogP contribution in [0.1, 0.15) is 43.7 Å². The number of piperidine rings is 1. The fourth-order valence-electron chi connectivity index (χ4n) is 4.13. The molecular formula is C23H27N5O3S2. The van der Waals surface area contributed by atoms with Gasteiger partial charge in [0.25, 0.3) is 11.5 Å². The lowest BCUT2D eigenvalue weighted by molar-refractivity contribution is -0.123. The van der Waals surface area contributed by atoms with E-state index in [1.807, 2.05) is 24.0 Å². The lowest BCUT2D eigenvalue weighted by Crippen LogP contribution is -2.40. The Morgan fingerprint density at radius 3 is 2.70 bits per heavy atom. The minimum atomic E-state index is -0.298. The molecule has 0 unspecified atom stereocenters. The first kappa shape index (κ1) is 23.4. The van der Waals surface area contributed by atoms with Crippen LogP contribution in [-0.2, 0) is 9.59 Å². The summed E-state index contributed by atoms with van der Waals surface area (Å²) in [5.41, 5.74) is 7.06. The summed E-state index contributed by atoms with van der Waals surface area (Å²) in [5, 5.41) is 0. The number of primary amides is 1. The molecule has 0 saturated carbocycles. The summed E-state index contributed by atoms with van der Waals surface area (Å²) in [4.78, 5) is 47.0. The number of hydrogen-bond acceptors (Lipinski definition) is 7. The second-order valence-corrected chi connectivity index (χ2v) is 10.1. The zero-order valence-corrected chi connectivity index (χ0v) is 20.4. The molecule has 0 spiro atoms. The van der Waals surface area contributed by atoms with Gasteiger partial charge in [-0.05, 0) is 43.9 Å². The molecule has 0 bridgehead atoms. The number of amides is 2. The van der Waals surface area contributed by atoms with Gasteiger partial charge in [-0.3, -0.25) is 23.7 Å². The number of nitrogens with two attached hydrogens (primary N) is 1. The monoisotopic (exact) mass is 485 g/mol. The molecule has 2 fully saturated rings. The summed E-state index contributed by atoms with van der Waals surface area (Å²) >= 11 is 6.64. The molecule has 8 nitrogen and oxygen atoms in total. The van der Waals surface area contributed by atoms with Gasteiger partial charge in [-0.2, -0.15) is 0 Å². The highest BCUT2D eigenvalue weighted by Crippen LogP contribution is 2.34. The highest BCUT2D eigenvalue weighted by Gasteiger charge is 2.33. The van der Waals surface area contributed by atoms with E-state index < -0.39 is 0 Å². The first-order valence-corrected chi connectivity index (χ1v) is 12.3.